The van der Waals surface area contributed by atoms with E-state index in [0.29, 0.717) is 11.8 Å². The van der Waals surface area contributed by atoms with Crippen LogP contribution in [0.2, 0.25) is 5.02 Å². The molecule has 2 heteroatoms. The lowest BCUT2D eigenvalue weighted by atomic mass is 9.82. The van der Waals surface area contributed by atoms with Gasteiger partial charge in [-0.1, -0.05) is 50.4 Å². The van der Waals surface area contributed by atoms with E-state index in [4.69, 9.17) is 11.6 Å². The lowest BCUT2D eigenvalue weighted by molar-refractivity contribution is 0.335. The summed E-state index contributed by atoms with van der Waals surface area (Å²) < 4.78 is 0. The van der Waals surface area contributed by atoms with E-state index in [1.54, 1.807) is 0 Å². The van der Waals surface area contributed by atoms with Crippen molar-refractivity contribution in [2.75, 3.05) is 6.54 Å². The van der Waals surface area contributed by atoms with Gasteiger partial charge in [0, 0.05) is 17.1 Å². The van der Waals surface area contributed by atoms with Gasteiger partial charge in [0.05, 0.1) is 0 Å². The summed E-state index contributed by atoms with van der Waals surface area (Å²) in [7, 11) is 0. The van der Waals surface area contributed by atoms with Crippen LogP contribution in [0.1, 0.15) is 58.9 Å². The van der Waals surface area contributed by atoms with Crippen LogP contribution < -0.4 is 5.32 Å². The van der Waals surface area contributed by atoms with E-state index in [-0.39, 0.29) is 5.54 Å². The second kappa shape index (κ2) is 7.31. The number of hydrogen-bond donors (Lipinski definition) is 1. The van der Waals surface area contributed by atoms with E-state index >= 15 is 0 Å². The Hall–Kier alpha value is -0.530. The Balaban J connectivity index is 2.91. The summed E-state index contributed by atoms with van der Waals surface area (Å²) in [5.41, 5.74) is 1.51. The number of halogens is 1. The molecule has 1 aromatic carbocycles. The van der Waals surface area contributed by atoms with Crippen LogP contribution in [-0.2, 0) is 0 Å². The third-order valence-corrected chi connectivity index (χ3v) is 3.98. The van der Waals surface area contributed by atoms with Crippen LogP contribution in [-0.4, -0.2) is 12.1 Å². The Kier molecular flexibility index (Phi) is 6.35. The normalized spacial score (nSPS) is 13.8. The van der Waals surface area contributed by atoms with Crippen molar-refractivity contribution in [1.82, 2.24) is 5.32 Å². The van der Waals surface area contributed by atoms with E-state index in [1.165, 1.54) is 18.4 Å². The molecular weight excluding hydrogens is 254 g/mol. The third-order valence-electron chi connectivity index (χ3n) is 3.75. The molecule has 0 aliphatic heterocycles. The first-order chi connectivity index (χ1) is 8.87. The third kappa shape index (κ3) is 5.54. The minimum absolute atomic E-state index is 0.156. The Morgan fingerprint density at radius 2 is 1.79 bits per heavy atom. The monoisotopic (exact) mass is 281 g/mol. The van der Waals surface area contributed by atoms with Crippen molar-refractivity contribution in [3.63, 3.8) is 0 Å². The number of rotatable bonds is 6. The second-order valence-electron chi connectivity index (χ2n) is 6.37. The van der Waals surface area contributed by atoms with Crippen LogP contribution in [0.4, 0.5) is 0 Å². The molecule has 0 aromatic heterocycles. The van der Waals surface area contributed by atoms with Crippen molar-refractivity contribution < 1.29 is 0 Å². The topological polar surface area (TPSA) is 12.0 Å². The van der Waals surface area contributed by atoms with Gasteiger partial charge in [0.15, 0.2) is 0 Å². The van der Waals surface area contributed by atoms with Gasteiger partial charge in [-0.15, -0.1) is 0 Å². The lowest BCUT2D eigenvalue weighted by Crippen LogP contribution is -2.40. The fourth-order valence-corrected chi connectivity index (χ4v) is 2.77. The van der Waals surface area contributed by atoms with E-state index in [2.05, 4.69) is 58.1 Å². The van der Waals surface area contributed by atoms with Gasteiger partial charge in [0.1, 0.15) is 0 Å². The van der Waals surface area contributed by atoms with Gasteiger partial charge in [-0.25, -0.2) is 0 Å². The predicted molar refractivity (Wildman–Crippen MR) is 86.0 cm³/mol. The molecule has 0 aliphatic rings. The van der Waals surface area contributed by atoms with Gasteiger partial charge in [-0.05, 0) is 50.3 Å². The molecule has 0 fully saturated rings. The van der Waals surface area contributed by atoms with Crippen molar-refractivity contribution in [2.24, 2.45) is 5.92 Å². The molecule has 19 heavy (non-hydrogen) atoms. The fourth-order valence-electron chi connectivity index (χ4n) is 2.57. The van der Waals surface area contributed by atoms with Crippen molar-refractivity contribution >= 4 is 11.6 Å². The summed E-state index contributed by atoms with van der Waals surface area (Å²) in [5.74, 6) is 1.24. The standard InChI is InChI=1S/C17H28ClN/c1-6-13(7-2)16(12-19-17(3,4)5)14-9-8-10-15(18)11-14/h8-11,13,16,19H,6-7,12H2,1-5H3. The zero-order valence-electron chi connectivity index (χ0n) is 13.0. The van der Waals surface area contributed by atoms with Crippen molar-refractivity contribution in [3.8, 4) is 0 Å². The minimum atomic E-state index is 0.156. The smallest absolute Gasteiger partial charge is 0.0408 e. The molecule has 0 saturated carbocycles. The average Bonchev–Trinajstić information content (AvgIpc) is 2.33. The molecule has 0 aliphatic carbocycles. The summed E-state index contributed by atoms with van der Waals surface area (Å²) in [5, 5.41) is 4.48. The van der Waals surface area contributed by atoms with Gasteiger partial charge in [0.2, 0.25) is 0 Å². The van der Waals surface area contributed by atoms with E-state index < -0.39 is 0 Å². The first kappa shape index (κ1) is 16.5. The molecule has 108 valence electrons. The van der Waals surface area contributed by atoms with Gasteiger partial charge in [0.25, 0.3) is 0 Å². The molecule has 0 amide bonds. The molecule has 1 nitrogen and oxygen atoms in total. The first-order valence-corrected chi connectivity index (χ1v) is 7.75. The molecular formula is C17H28ClN. The summed E-state index contributed by atoms with van der Waals surface area (Å²) in [6, 6.07) is 8.34. The molecule has 1 aromatic rings. The molecule has 0 bridgehead atoms. The van der Waals surface area contributed by atoms with E-state index in [1.807, 2.05) is 6.07 Å². The van der Waals surface area contributed by atoms with Gasteiger partial charge < -0.3 is 5.32 Å². The van der Waals surface area contributed by atoms with Gasteiger partial charge in [-0.2, -0.15) is 0 Å². The quantitative estimate of drug-likeness (QED) is 0.751. The zero-order chi connectivity index (χ0) is 14.5. The van der Waals surface area contributed by atoms with Crippen molar-refractivity contribution in [2.45, 2.75) is 58.9 Å². The van der Waals surface area contributed by atoms with Crippen molar-refractivity contribution in [3.05, 3.63) is 34.9 Å². The maximum absolute atomic E-state index is 6.15. The highest BCUT2D eigenvalue weighted by Crippen LogP contribution is 2.31. The lowest BCUT2D eigenvalue weighted by Gasteiger charge is -2.30. The Morgan fingerprint density at radius 3 is 2.26 bits per heavy atom. The molecule has 1 rings (SSSR count). The maximum atomic E-state index is 6.15. The zero-order valence-corrected chi connectivity index (χ0v) is 13.7. The van der Waals surface area contributed by atoms with Crippen LogP contribution in [0.25, 0.3) is 0 Å². The van der Waals surface area contributed by atoms with Crippen LogP contribution in [0.15, 0.2) is 24.3 Å². The largest absolute Gasteiger partial charge is 0.311 e. The SMILES string of the molecule is CCC(CC)C(CNC(C)(C)C)c1cccc(Cl)c1. The predicted octanol–water partition coefficient (Wildman–Crippen LogP) is 5.25. The number of benzene rings is 1. The number of hydrogen-bond acceptors (Lipinski definition) is 1. The Labute approximate surface area is 123 Å². The van der Waals surface area contributed by atoms with Gasteiger partial charge in [-0.3, -0.25) is 0 Å². The van der Waals surface area contributed by atoms with Crippen LogP contribution in [0.3, 0.4) is 0 Å². The summed E-state index contributed by atoms with van der Waals surface area (Å²) >= 11 is 6.15. The van der Waals surface area contributed by atoms with Crippen molar-refractivity contribution in [1.29, 1.82) is 0 Å². The summed E-state index contributed by atoms with van der Waals surface area (Å²) in [6.45, 7) is 12.2. The van der Waals surface area contributed by atoms with Gasteiger partial charge >= 0.3 is 0 Å². The molecule has 0 spiro atoms. The fraction of sp³-hybridized carbons (Fsp3) is 0.647. The van der Waals surface area contributed by atoms with Crippen LogP contribution in [0.5, 0.6) is 0 Å². The minimum Gasteiger partial charge on any atom is -0.311 e. The van der Waals surface area contributed by atoms with E-state index in [0.717, 1.165) is 11.6 Å². The summed E-state index contributed by atoms with van der Waals surface area (Å²) in [6.07, 6.45) is 2.42. The molecule has 1 unspecified atom stereocenters. The van der Waals surface area contributed by atoms with Crippen LogP contribution in [0, 0.1) is 5.92 Å². The average molecular weight is 282 g/mol. The van der Waals surface area contributed by atoms with Crippen LogP contribution >= 0.6 is 11.6 Å². The number of nitrogens with one attached hydrogen (secondary N) is 1. The molecule has 0 heterocycles. The highest BCUT2D eigenvalue weighted by Gasteiger charge is 2.22. The van der Waals surface area contributed by atoms with E-state index in [9.17, 15) is 0 Å². The molecule has 0 saturated heterocycles. The Bertz CT molecular complexity index is 377. The first-order valence-electron chi connectivity index (χ1n) is 7.37. The Morgan fingerprint density at radius 1 is 1.16 bits per heavy atom. The summed E-state index contributed by atoms with van der Waals surface area (Å²) in [4.78, 5) is 0. The highest BCUT2D eigenvalue weighted by molar-refractivity contribution is 6.30. The highest BCUT2D eigenvalue weighted by atomic mass is 35.5. The maximum Gasteiger partial charge on any atom is 0.0408 e. The second-order valence-corrected chi connectivity index (χ2v) is 6.81. The molecule has 1 atom stereocenters. The molecule has 0 radical (unpaired) electrons. The molecule has 1 N–H and O–H groups in total.